The Morgan fingerprint density at radius 2 is 1.73 bits per heavy atom. The van der Waals surface area contributed by atoms with Crippen molar-refractivity contribution in [1.29, 1.82) is 0 Å². The van der Waals surface area contributed by atoms with Crippen molar-refractivity contribution in [3.05, 3.63) is 40.1 Å². The molecule has 2 aromatic rings. The fourth-order valence-electron chi connectivity index (χ4n) is 3.62. The van der Waals surface area contributed by atoms with Crippen LogP contribution >= 0.6 is 11.3 Å². The van der Waals surface area contributed by atoms with Crippen molar-refractivity contribution in [1.82, 2.24) is 25.3 Å². The van der Waals surface area contributed by atoms with Gasteiger partial charge < -0.3 is 20.4 Å². The van der Waals surface area contributed by atoms with Crippen LogP contribution in [-0.2, 0) is 4.79 Å². The first kappa shape index (κ1) is 24.7. The van der Waals surface area contributed by atoms with Crippen LogP contribution in [0.1, 0.15) is 46.3 Å². The standard InChI is InChI=1S/C22H29FN6O3S/c1-3-28(4-2)14-11-24-18(30)15-9-12-29(13-10-15)22(32)21-27-26-20(33-21)19(31)25-17-7-5-16(23)6-8-17/h5-8,15H,3-4,9-14H2,1-2H3,(H,24,30)(H,25,31). The molecule has 0 bridgehead atoms. The Hall–Kier alpha value is -2.92. The van der Waals surface area contributed by atoms with E-state index in [0.717, 1.165) is 31.0 Å². The lowest BCUT2D eigenvalue weighted by Gasteiger charge is -2.30. The van der Waals surface area contributed by atoms with Crippen LogP contribution in [0.5, 0.6) is 0 Å². The van der Waals surface area contributed by atoms with Crippen LogP contribution in [0.15, 0.2) is 24.3 Å². The molecule has 0 saturated carbocycles. The molecule has 2 N–H and O–H groups in total. The van der Waals surface area contributed by atoms with Gasteiger partial charge in [0.1, 0.15) is 5.82 Å². The van der Waals surface area contributed by atoms with Gasteiger partial charge in [-0.15, -0.1) is 10.2 Å². The van der Waals surface area contributed by atoms with Crippen molar-refractivity contribution < 1.29 is 18.8 Å². The van der Waals surface area contributed by atoms with Crippen LogP contribution in [0.3, 0.4) is 0 Å². The largest absolute Gasteiger partial charge is 0.355 e. The molecule has 1 saturated heterocycles. The van der Waals surface area contributed by atoms with E-state index in [0.29, 0.717) is 38.2 Å². The third-order valence-corrected chi connectivity index (χ3v) is 6.59. The molecule has 0 unspecified atom stereocenters. The highest BCUT2D eigenvalue weighted by Gasteiger charge is 2.29. The van der Waals surface area contributed by atoms with Gasteiger partial charge in [0, 0.05) is 37.8 Å². The van der Waals surface area contributed by atoms with Crippen LogP contribution in [0, 0.1) is 11.7 Å². The van der Waals surface area contributed by atoms with Crippen LogP contribution in [0.4, 0.5) is 10.1 Å². The Morgan fingerprint density at radius 1 is 1.09 bits per heavy atom. The second kappa shape index (κ2) is 11.8. The number of nitrogens with zero attached hydrogens (tertiary/aromatic N) is 4. The van der Waals surface area contributed by atoms with E-state index >= 15 is 0 Å². The lowest BCUT2D eigenvalue weighted by molar-refractivity contribution is -0.126. The minimum atomic E-state index is -0.516. The van der Waals surface area contributed by atoms with Crippen molar-refractivity contribution in [3.63, 3.8) is 0 Å². The average molecular weight is 477 g/mol. The Balaban J connectivity index is 1.47. The van der Waals surface area contributed by atoms with E-state index in [1.807, 2.05) is 0 Å². The smallest absolute Gasteiger partial charge is 0.286 e. The maximum absolute atomic E-state index is 13.0. The molecule has 11 heteroatoms. The molecule has 1 aromatic heterocycles. The van der Waals surface area contributed by atoms with Crippen molar-refractivity contribution >= 4 is 34.7 Å². The molecule has 0 aliphatic carbocycles. The highest BCUT2D eigenvalue weighted by molar-refractivity contribution is 7.15. The van der Waals surface area contributed by atoms with Crippen LogP contribution in [0.25, 0.3) is 0 Å². The summed E-state index contributed by atoms with van der Waals surface area (Å²) >= 11 is 0.907. The number of piperidine rings is 1. The van der Waals surface area contributed by atoms with Crippen molar-refractivity contribution in [2.75, 3.05) is 44.6 Å². The lowest BCUT2D eigenvalue weighted by atomic mass is 9.96. The molecule has 1 aromatic carbocycles. The van der Waals surface area contributed by atoms with E-state index in [-0.39, 0.29) is 27.7 Å². The topological polar surface area (TPSA) is 108 Å². The molecule has 178 valence electrons. The van der Waals surface area contributed by atoms with Crippen molar-refractivity contribution in [2.45, 2.75) is 26.7 Å². The molecule has 2 heterocycles. The maximum Gasteiger partial charge on any atom is 0.286 e. The van der Waals surface area contributed by atoms with Gasteiger partial charge in [0.05, 0.1) is 0 Å². The van der Waals surface area contributed by atoms with Crippen LogP contribution in [0.2, 0.25) is 0 Å². The van der Waals surface area contributed by atoms with Crippen LogP contribution < -0.4 is 10.6 Å². The second-order valence-electron chi connectivity index (χ2n) is 7.76. The number of hydrogen-bond acceptors (Lipinski definition) is 7. The number of aromatic nitrogens is 2. The van der Waals surface area contributed by atoms with Gasteiger partial charge in [-0.25, -0.2) is 4.39 Å². The van der Waals surface area contributed by atoms with E-state index in [1.54, 1.807) is 4.90 Å². The van der Waals surface area contributed by atoms with Gasteiger partial charge in [0.2, 0.25) is 15.9 Å². The zero-order valence-electron chi connectivity index (χ0n) is 18.8. The summed E-state index contributed by atoms with van der Waals surface area (Å²) in [6, 6.07) is 5.34. The summed E-state index contributed by atoms with van der Waals surface area (Å²) in [5.41, 5.74) is 0.418. The molecule has 33 heavy (non-hydrogen) atoms. The zero-order chi connectivity index (χ0) is 23.8. The summed E-state index contributed by atoms with van der Waals surface area (Å²) in [4.78, 5) is 41.4. The number of carbonyl (C=O) groups is 3. The molecule has 0 radical (unpaired) electrons. The highest BCUT2D eigenvalue weighted by atomic mass is 32.1. The van der Waals surface area contributed by atoms with Crippen molar-refractivity contribution in [3.8, 4) is 0 Å². The number of anilines is 1. The van der Waals surface area contributed by atoms with Gasteiger partial charge in [-0.3, -0.25) is 14.4 Å². The number of amides is 3. The van der Waals surface area contributed by atoms with E-state index < -0.39 is 11.7 Å². The molecule has 9 nitrogen and oxygen atoms in total. The Morgan fingerprint density at radius 3 is 2.36 bits per heavy atom. The quantitative estimate of drug-likeness (QED) is 0.575. The normalized spacial score (nSPS) is 14.4. The van der Waals surface area contributed by atoms with Gasteiger partial charge in [-0.2, -0.15) is 0 Å². The molecule has 1 aliphatic rings. The van der Waals surface area contributed by atoms with E-state index in [2.05, 4.69) is 39.6 Å². The first-order valence-corrected chi connectivity index (χ1v) is 11.9. The molecule has 3 rings (SSSR count). The summed E-state index contributed by atoms with van der Waals surface area (Å²) in [5.74, 6) is -1.30. The van der Waals surface area contributed by atoms with Crippen LogP contribution in [-0.4, -0.2) is 77.0 Å². The van der Waals surface area contributed by atoms with E-state index in [1.165, 1.54) is 24.3 Å². The molecule has 3 amide bonds. The number of halogens is 1. The first-order chi connectivity index (χ1) is 15.9. The predicted octanol–water partition coefficient (Wildman–Crippen LogP) is 2.24. The first-order valence-electron chi connectivity index (χ1n) is 11.1. The third-order valence-electron chi connectivity index (χ3n) is 5.68. The summed E-state index contributed by atoms with van der Waals surface area (Å²) < 4.78 is 13.0. The summed E-state index contributed by atoms with van der Waals surface area (Å²) in [6.45, 7) is 8.43. The number of likely N-dealkylation sites (tertiary alicyclic amines) is 1. The van der Waals surface area contributed by atoms with E-state index in [4.69, 9.17) is 0 Å². The number of nitrogens with one attached hydrogen (secondary N) is 2. The Labute approximate surface area is 196 Å². The molecule has 0 atom stereocenters. The van der Waals surface area contributed by atoms with Gasteiger partial charge in [-0.05, 0) is 50.2 Å². The summed E-state index contributed by atoms with van der Waals surface area (Å²) in [7, 11) is 0. The molecule has 1 aliphatic heterocycles. The fourth-order valence-corrected chi connectivity index (χ4v) is 4.33. The second-order valence-corrected chi connectivity index (χ2v) is 8.74. The van der Waals surface area contributed by atoms with Gasteiger partial charge in [0.25, 0.3) is 11.8 Å². The Bertz CT molecular complexity index is 955. The molecular formula is C22H29FN6O3S. The fraction of sp³-hybridized carbons (Fsp3) is 0.500. The Kier molecular flexibility index (Phi) is 8.84. The van der Waals surface area contributed by atoms with Crippen molar-refractivity contribution in [2.24, 2.45) is 5.92 Å². The maximum atomic E-state index is 13.0. The summed E-state index contributed by atoms with van der Waals surface area (Å²) in [6.07, 6.45) is 1.17. The third kappa shape index (κ3) is 6.78. The minimum absolute atomic E-state index is 0.0323. The SMILES string of the molecule is CCN(CC)CCNC(=O)C1CCN(C(=O)c2nnc(C(=O)Nc3ccc(F)cc3)s2)CC1. The number of benzene rings is 1. The molecular weight excluding hydrogens is 447 g/mol. The predicted molar refractivity (Wildman–Crippen MR) is 124 cm³/mol. The number of hydrogen-bond donors (Lipinski definition) is 2. The summed E-state index contributed by atoms with van der Waals surface area (Å²) in [5, 5.41) is 13.5. The van der Waals surface area contributed by atoms with E-state index in [9.17, 15) is 18.8 Å². The number of likely N-dealkylation sites (N-methyl/N-ethyl adjacent to an activating group) is 1. The molecule has 0 spiro atoms. The lowest BCUT2D eigenvalue weighted by Crippen LogP contribution is -2.44. The monoisotopic (exact) mass is 476 g/mol. The average Bonchev–Trinajstić information content (AvgIpc) is 3.33. The number of carbonyl (C=O) groups excluding carboxylic acids is 3. The number of rotatable bonds is 9. The molecule has 1 fully saturated rings. The highest BCUT2D eigenvalue weighted by Crippen LogP contribution is 2.21. The van der Waals surface area contributed by atoms with Gasteiger partial charge in [-0.1, -0.05) is 25.2 Å². The zero-order valence-corrected chi connectivity index (χ0v) is 19.7. The van der Waals surface area contributed by atoms with Gasteiger partial charge >= 0.3 is 0 Å². The minimum Gasteiger partial charge on any atom is -0.355 e. The van der Waals surface area contributed by atoms with Gasteiger partial charge in [0.15, 0.2) is 0 Å².